The normalized spacial score (nSPS) is 11.1. The second-order valence-electron chi connectivity index (χ2n) is 3.70. The van der Waals surface area contributed by atoms with Gasteiger partial charge in [-0.3, -0.25) is 9.78 Å². The molecule has 7 nitrogen and oxygen atoms in total. The number of hydrogen-bond donors (Lipinski definition) is 2. The summed E-state index contributed by atoms with van der Waals surface area (Å²) in [6.07, 6.45) is 1.12. The molecule has 0 bridgehead atoms. The van der Waals surface area contributed by atoms with Crippen LogP contribution >= 0.6 is 12.2 Å². The van der Waals surface area contributed by atoms with Gasteiger partial charge < -0.3 is 10.5 Å². The first-order valence-corrected chi connectivity index (χ1v) is 7.67. The molecule has 1 aromatic rings. The number of nitrogens with zero attached hydrogens (tertiary/aromatic N) is 1. The number of nitrogens with two attached hydrogens (primary N) is 1. The van der Waals surface area contributed by atoms with Crippen molar-refractivity contribution >= 4 is 33.2 Å². The maximum atomic E-state index is 11.9. The van der Waals surface area contributed by atoms with Gasteiger partial charge in [-0.05, 0) is 19.1 Å². The minimum atomic E-state index is -3.72. The number of rotatable bonds is 7. The Kier molecular flexibility index (Phi) is 5.99. The van der Waals surface area contributed by atoms with Crippen LogP contribution in [0.3, 0.4) is 0 Å². The van der Waals surface area contributed by atoms with Crippen LogP contribution in [-0.4, -0.2) is 37.5 Å². The maximum absolute atomic E-state index is 11.9. The van der Waals surface area contributed by atoms with Crippen molar-refractivity contribution in [2.24, 2.45) is 5.73 Å². The minimum Gasteiger partial charge on any atom is -0.466 e. The van der Waals surface area contributed by atoms with Crippen molar-refractivity contribution in [1.82, 2.24) is 9.71 Å². The number of nitrogens with one attached hydrogen (secondary N) is 1. The SMILES string of the molecule is CCOC(=O)CCNS(=O)(=O)c1ccc(C(N)=S)nc1. The molecule has 0 radical (unpaired) electrons. The molecule has 0 fully saturated rings. The molecule has 0 unspecified atom stereocenters. The van der Waals surface area contributed by atoms with E-state index in [2.05, 4.69) is 9.71 Å². The van der Waals surface area contributed by atoms with Crippen molar-refractivity contribution in [2.45, 2.75) is 18.2 Å². The standard InChI is InChI=1S/C11H15N3O4S2/c1-2-18-10(15)5-6-14-20(16,17)8-3-4-9(11(12)19)13-7-8/h3-4,7,14H,2,5-6H2,1H3,(H2,12,19). The van der Waals surface area contributed by atoms with Crippen molar-refractivity contribution in [1.29, 1.82) is 0 Å². The van der Waals surface area contributed by atoms with Crippen molar-refractivity contribution in [3.8, 4) is 0 Å². The van der Waals surface area contributed by atoms with E-state index in [4.69, 9.17) is 22.7 Å². The number of esters is 1. The Hall–Kier alpha value is -1.58. The van der Waals surface area contributed by atoms with E-state index in [-0.39, 0.29) is 29.5 Å². The van der Waals surface area contributed by atoms with Crippen LogP contribution in [-0.2, 0) is 19.6 Å². The zero-order valence-corrected chi connectivity index (χ0v) is 12.5. The highest BCUT2D eigenvalue weighted by molar-refractivity contribution is 7.89. The number of carbonyl (C=O) groups excluding carboxylic acids is 1. The Morgan fingerprint density at radius 1 is 1.50 bits per heavy atom. The van der Waals surface area contributed by atoms with Gasteiger partial charge in [0.05, 0.1) is 18.7 Å². The topological polar surface area (TPSA) is 111 Å². The Bertz CT molecular complexity index is 584. The van der Waals surface area contributed by atoms with Crippen LogP contribution in [0.4, 0.5) is 0 Å². The Labute approximate surface area is 122 Å². The van der Waals surface area contributed by atoms with Gasteiger partial charge in [-0.1, -0.05) is 12.2 Å². The number of hydrogen-bond acceptors (Lipinski definition) is 6. The van der Waals surface area contributed by atoms with Gasteiger partial charge in [-0.2, -0.15) is 0 Å². The van der Waals surface area contributed by atoms with E-state index in [9.17, 15) is 13.2 Å². The number of ether oxygens (including phenoxy) is 1. The highest BCUT2D eigenvalue weighted by atomic mass is 32.2. The van der Waals surface area contributed by atoms with E-state index < -0.39 is 16.0 Å². The average molecular weight is 317 g/mol. The van der Waals surface area contributed by atoms with Gasteiger partial charge in [0.25, 0.3) is 0 Å². The van der Waals surface area contributed by atoms with E-state index in [1.165, 1.54) is 12.1 Å². The number of pyridine rings is 1. The summed E-state index contributed by atoms with van der Waals surface area (Å²) < 4.78 is 30.7. The first kappa shape index (κ1) is 16.5. The van der Waals surface area contributed by atoms with Gasteiger partial charge in [0.1, 0.15) is 9.88 Å². The number of sulfonamides is 1. The zero-order chi connectivity index (χ0) is 15.2. The quantitative estimate of drug-likeness (QED) is 0.535. The maximum Gasteiger partial charge on any atom is 0.307 e. The van der Waals surface area contributed by atoms with E-state index >= 15 is 0 Å². The monoisotopic (exact) mass is 317 g/mol. The van der Waals surface area contributed by atoms with Crippen LogP contribution in [0.15, 0.2) is 23.2 Å². The van der Waals surface area contributed by atoms with Gasteiger partial charge in [0.15, 0.2) is 0 Å². The molecule has 9 heteroatoms. The first-order valence-electron chi connectivity index (χ1n) is 5.78. The lowest BCUT2D eigenvalue weighted by atomic mass is 10.3. The molecule has 0 aromatic carbocycles. The Morgan fingerprint density at radius 3 is 2.70 bits per heavy atom. The third-order valence-corrected chi connectivity index (χ3v) is 3.88. The van der Waals surface area contributed by atoms with Gasteiger partial charge in [-0.25, -0.2) is 13.1 Å². The molecule has 0 saturated carbocycles. The summed E-state index contributed by atoms with van der Waals surface area (Å²) in [6.45, 7) is 1.89. The Balaban J connectivity index is 2.64. The predicted molar refractivity (Wildman–Crippen MR) is 76.6 cm³/mol. The van der Waals surface area contributed by atoms with Crippen molar-refractivity contribution in [3.05, 3.63) is 24.0 Å². The molecular weight excluding hydrogens is 302 g/mol. The number of aromatic nitrogens is 1. The summed E-state index contributed by atoms with van der Waals surface area (Å²) in [5.41, 5.74) is 5.71. The van der Waals surface area contributed by atoms with Crippen LogP contribution in [0.2, 0.25) is 0 Å². The molecular formula is C11H15N3O4S2. The van der Waals surface area contributed by atoms with Crippen molar-refractivity contribution < 1.29 is 17.9 Å². The van der Waals surface area contributed by atoms with Crippen molar-refractivity contribution in [3.63, 3.8) is 0 Å². The summed E-state index contributed by atoms with van der Waals surface area (Å²) >= 11 is 4.72. The summed E-state index contributed by atoms with van der Waals surface area (Å²) in [4.78, 5) is 15.0. The fraction of sp³-hybridized carbons (Fsp3) is 0.364. The lowest BCUT2D eigenvalue weighted by molar-refractivity contribution is -0.142. The fourth-order valence-corrected chi connectivity index (χ4v) is 2.39. The first-order chi connectivity index (χ1) is 9.36. The van der Waals surface area contributed by atoms with Gasteiger partial charge >= 0.3 is 5.97 Å². The van der Waals surface area contributed by atoms with E-state index in [1.807, 2.05) is 0 Å². The minimum absolute atomic E-state index is 0.0265. The molecule has 0 saturated heterocycles. The summed E-state index contributed by atoms with van der Waals surface area (Å²) in [5.74, 6) is -0.461. The fourth-order valence-electron chi connectivity index (χ4n) is 1.29. The van der Waals surface area contributed by atoms with Crippen LogP contribution < -0.4 is 10.5 Å². The molecule has 1 aromatic heterocycles. The summed E-state index contributed by atoms with van der Waals surface area (Å²) in [7, 11) is -3.72. The molecule has 1 rings (SSSR count). The lowest BCUT2D eigenvalue weighted by Gasteiger charge is -2.06. The van der Waals surface area contributed by atoms with Crippen LogP contribution in [0.25, 0.3) is 0 Å². The van der Waals surface area contributed by atoms with Crippen LogP contribution in [0.5, 0.6) is 0 Å². The molecule has 0 spiro atoms. The molecule has 0 aliphatic rings. The van der Waals surface area contributed by atoms with Gasteiger partial charge in [0.2, 0.25) is 10.0 Å². The summed E-state index contributed by atoms with van der Waals surface area (Å²) in [5, 5.41) is 0. The van der Waals surface area contributed by atoms with E-state index in [0.717, 1.165) is 6.20 Å². The summed E-state index contributed by atoms with van der Waals surface area (Å²) in [6, 6.07) is 2.76. The molecule has 1 heterocycles. The smallest absolute Gasteiger partial charge is 0.307 e. The molecule has 0 aliphatic heterocycles. The number of carbonyl (C=O) groups is 1. The molecule has 0 aliphatic carbocycles. The predicted octanol–water partition coefficient (Wildman–Crippen LogP) is -0.0527. The third-order valence-electron chi connectivity index (χ3n) is 2.23. The van der Waals surface area contributed by atoms with E-state index in [0.29, 0.717) is 5.69 Å². The highest BCUT2D eigenvalue weighted by Gasteiger charge is 2.15. The molecule has 110 valence electrons. The van der Waals surface area contributed by atoms with E-state index in [1.54, 1.807) is 6.92 Å². The highest BCUT2D eigenvalue weighted by Crippen LogP contribution is 2.07. The second kappa shape index (κ2) is 7.27. The van der Waals surface area contributed by atoms with Crippen molar-refractivity contribution in [2.75, 3.05) is 13.2 Å². The molecule has 20 heavy (non-hydrogen) atoms. The Morgan fingerprint density at radius 2 is 2.20 bits per heavy atom. The lowest BCUT2D eigenvalue weighted by Crippen LogP contribution is -2.27. The zero-order valence-electron chi connectivity index (χ0n) is 10.8. The molecule has 3 N–H and O–H groups in total. The van der Waals surface area contributed by atoms with Crippen LogP contribution in [0.1, 0.15) is 19.0 Å². The largest absolute Gasteiger partial charge is 0.466 e. The van der Waals surface area contributed by atoms with Crippen LogP contribution in [0, 0.1) is 0 Å². The third kappa shape index (κ3) is 4.83. The van der Waals surface area contributed by atoms with Gasteiger partial charge in [-0.15, -0.1) is 0 Å². The molecule has 0 amide bonds. The average Bonchev–Trinajstić information content (AvgIpc) is 2.39. The second-order valence-corrected chi connectivity index (χ2v) is 5.90. The number of thiocarbonyl (C=S) groups is 1. The van der Waals surface area contributed by atoms with Gasteiger partial charge in [0, 0.05) is 12.7 Å². The molecule has 0 atom stereocenters.